The summed E-state index contributed by atoms with van der Waals surface area (Å²) < 4.78 is 4.63. The van der Waals surface area contributed by atoms with Crippen molar-refractivity contribution < 1.29 is 14.3 Å². The molecule has 0 bridgehead atoms. The first-order chi connectivity index (χ1) is 9.04. The summed E-state index contributed by atoms with van der Waals surface area (Å²) in [5.74, 6) is 6.05. The highest BCUT2D eigenvalue weighted by molar-refractivity contribution is 8.13. The number of thioether (sulfide) groups is 1. The molecule has 0 radical (unpaired) electrons. The average molecular weight is 297 g/mol. The van der Waals surface area contributed by atoms with Gasteiger partial charge in [0, 0.05) is 24.7 Å². The highest BCUT2D eigenvalue weighted by Gasteiger charge is 2.10. The molecule has 0 spiro atoms. The smallest absolute Gasteiger partial charge is 0.339 e. The third kappa shape index (κ3) is 5.37. The molecule has 1 aromatic rings. The Bertz CT molecular complexity index is 543. The van der Waals surface area contributed by atoms with Crippen LogP contribution in [-0.2, 0) is 9.53 Å². The molecular weight excluding hydrogens is 284 g/mol. The first-order valence-electron chi connectivity index (χ1n) is 5.54. The Labute approximate surface area is 121 Å². The van der Waals surface area contributed by atoms with Crippen LogP contribution in [0.3, 0.4) is 0 Å². The van der Waals surface area contributed by atoms with Gasteiger partial charge in [0.25, 0.3) is 0 Å². The van der Waals surface area contributed by atoms with Gasteiger partial charge < -0.3 is 4.74 Å². The molecule has 0 amide bonds. The Morgan fingerprint density at radius 1 is 1.42 bits per heavy atom. The summed E-state index contributed by atoms with van der Waals surface area (Å²) in [4.78, 5) is 22.2. The zero-order chi connectivity index (χ0) is 14.3. The number of benzene rings is 1. The number of esters is 1. The van der Waals surface area contributed by atoms with Crippen molar-refractivity contribution in [1.82, 2.24) is 0 Å². The predicted octanol–water partition coefficient (Wildman–Crippen LogP) is 3.15. The third-order valence-corrected chi connectivity index (χ3v) is 3.28. The Morgan fingerprint density at radius 2 is 2.16 bits per heavy atom. The number of rotatable bonds is 3. The van der Waals surface area contributed by atoms with E-state index in [1.807, 2.05) is 0 Å². The normalized spacial score (nSPS) is 9.42. The molecule has 5 heteroatoms. The summed E-state index contributed by atoms with van der Waals surface area (Å²) in [6.45, 7) is 1.53. The number of halogens is 1. The summed E-state index contributed by atoms with van der Waals surface area (Å²) in [7, 11) is 1.30. The minimum Gasteiger partial charge on any atom is -0.465 e. The summed E-state index contributed by atoms with van der Waals surface area (Å²) in [5.41, 5.74) is 0.992. The van der Waals surface area contributed by atoms with E-state index >= 15 is 0 Å². The highest BCUT2D eigenvalue weighted by Crippen LogP contribution is 2.18. The fourth-order valence-electron chi connectivity index (χ4n) is 1.28. The first kappa shape index (κ1) is 15.6. The molecule has 0 aromatic heterocycles. The quantitative estimate of drug-likeness (QED) is 0.488. The highest BCUT2D eigenvalue weighted by atomic mass is 35.5. The van der Waals surface area contributed by atoms with Crippen molar-refractivity contribution in [1.29, 1.82) is 0 Å². The fraction of sp³-hybridized carbons (Fsp3) is 0.286. The molecule has 0 aliphatic heterocycles. The van der Waals surface area contributed by atoms with E-state index in [9.17, 15) is 9.59 Å². The molecule has 0 saturated heterocycles. The number of carbonyl (C=O) groups excluding carboxylic acids is 2. The van der Waals surface area contributed by atoms with Crippen molar-refractivity contribution in [3.63, 3.8) is 0 Å². The van der Waals surface area contributed by atoms with Gasteiger partial charge in [-0.25, -0.2) is 4.79 Å². The first-order valence-corrected chi connectivity index (χ1v) is 6.91. The molecule has 0 N–H and O–H groups in total. The third-order valence-electron chi connectivity index (χ3n) is 2.14. The molecule has 0 fully saturated rings. The predicted molar refractivity (Wildman–Crippen MR) is 77.4 cm³/mol. The van der Waals surface area contributed by atoms with Crippen molar-refractivity contribution in [2.75, 3.05) is 12.9 Å². The van der Waals surface area contributed by atoms with Gasteiger partial charge in [-0.3, -0.25) is 4.79 Å². The van der Waals surface area contributed by atoms with Crippen LogP contribution in [0.1, 0.15) is 29.3 Å². The lowest BCUT2D eigenvalue weighted by molar-refractivity contribution is -0.109. The lowest BCUT2D eigenvalue weighted by Gasteiger charge is -2.02. The number of carbonyl (C=O) groups is 2. The fourth-order valence-corrected chi connectivity index (χ4v) is 1.97. The van der Waals surface area contributed by atoms with Crippen LogP contribution < -0.4 is 0 Å². The average Bonchev–Trinajstić information content (AvgIpc) is 2.39. The summed E-state index contributed by atoms with van der Waals surface area (Å²) in [6, 6.07) is 4.95. The molecule has 0 aliphatic carbocycles. The van der Waals surface area contributed by atoms with Gasteiger partial charge in [0.2, 0.25) is 0 Å². The molecule has 0 heterocycles. The molecule has 1 rings (SSSR count). The van der Waals surface area contributed by atoms with Crippen LogP contribution in [0.2, 0.25) is 5.02 Å². The zero-order valence-electron chi connectivity index (χ0n) is 10.7. The second-order valence-corrected chi connectivity index (χ2v) is 5.26. The minimum absolute atomic E-state index is 0.0845. The van der Waals surface area contributed by atoms with Crippen molar-refractivity contribution >= 4 is 34.4 Å². The van der Waals surface area contributed by atoms with Crippen molar-refractivity contribution in [3.05, 3.63) is 34.3 Å². The van der Waals surface area contributed by atoms with Crippen LogP contribution >= 0.6 is 23.4 Å². The van der Waals surface area contributed by atoms with Crippen LogP contribution in [0.25, 0.3) is 0 Å². The molecule has 0 atom stereocenters. The Kier molecular flexibility index (Phi) is 6.48. The zero-order valence-corrected chi connectivity index (χ0v) is 12.2. The molecule has 0 aliphatic rings. The number of hydrogen-bond acceptors (Lipinski definition) is 4. The van der Waals surface area contributed by atoms with Crippen molar-refractivity contribution in [2.45, 2.75) is 13.3 Å². The largest absolute Gasteiger partial charge is 0.465 e. The Morgan fingerprint density at radius 3 is 2.79 bits per heavy atom. The van der Waals surface area contributed by atoms with Gasteiger partial charge in [-0.05, 0) is 18.2 Å². The molecule has 1 aromatic carbocycles. The van der Waals surface area contributed by atoms with E-state index in [1.54, 1.807) is 18.2 Å². The number of methoxy groups -OCH3 is 1. The molecule has 100 valence electrons. The lowest BCUT2D eigenvalue weighted by atomic mass is 10.1. The summed E-state index contributed by atoms with van der Waals surface area (Å²) in [6.07, 6.45) is 0.612. The van der Waals surface area contributed by atoms with Crippen LogP contribution in [-0.4, -0.2) is 23.9 Å². The maximum Gasteiger partial charge on any atom is 0.339 e. The van der Waals surface area contributed by atoms with E-state index < -0.39 is 5.97 Å². The van der Waals surface area contributed by atoms with E-state index in [0.29, 0.717) is 28.3 Å². The van der Waals surface area contributed by atoms with Gasteiger partial charge in [-0.1, -0.05) is 35.2 Å². The Hall–Kier alpha value is -1.44. The van der Waals surface area contributed by atoms with Crippen molar-refractivity contribution in [2.24, 2.45) is 0 Å². The lowest BCUT2D eigenvalue weighted by Crippen LogP contribution is -2.02. The molecule has 0 saturated carbocycles. The molecule has 0 unspecified atom stereocenters. The number of ether oxygens (including phenoxy) is 1. The topological polar surface area (TPSA) is 43.4 Å². The minimum atomic E-state index is -0.485. The second-order valence-electron chi connectivity index (χ2n) is 3.58. The van der Waals surface area contributed by atoms with Crippen LogP contribution in [0.4, 0.5) is 0 Å². The van der Waals surface area contributed by atoms with Crippen LogP contribution in [0, 0.1) is 11.8 Å². The van der Waals surface area contributed by atoms with Gasteiger partial charge in [-0.15, -0.1) is 0 Å². The Balaban J connectivity index is 2.72. The molecule has 3 nitrogen and oxygen atoms in total. The van der Waals surface area contributed by atoms with Crippen LogP contribution in [0.15, 0.2) is 18.2 Å². The maximum atomic E-state index is 11.4. The monoisotopic (exact) mass is 296 g/mol. The summed E-state index contributed by atoms with van der Waals surface area (Å²) >= 11 is 7.14. The van der Waals surface area contributed by atoms with E-state index in [2.05, 4.69) is 16.6 Å². The van der Waals surface area contributed by atoms with E-state index in [-0.39, 0.29) is 5.12 Å². The molecule has 19 heavy (non-hydrogen) atoms. The SMILES string of the molecule is COC(=O)c1cc(C#CCCSC(C)=O)ccc1Cl. The standard InChI is InChI=1S/C14H13ClO3S/c1-10(16)19-8-4-3-5-11-6-7-13(15)12(9-11)14(17)18-2/h6-7,9H,4,8H2,1-2H3. The van der Waals surface area contributed by atoms with Gasteiger partial charge in [0.1, 0.15) is 0 Å². The van der Waals surface area contributed by atoms with Crippen molar-refractivity contribution in [3.8, 4) is 11.8 Å². The van der Waals surface area contributed by atoms with Gasteiger partial charge in [-0.2, -0.15) is 0 Å². The van der Waals surface area contributed by atoms with Gasteiger partial charge >= 0.3 is 5.97 Å². The maximum absolute atomic E-state index is 11.4. The van der Waals surface area contributed by atoms with Gasteiger partial charge in [0.15, 0.2) is 5.12 Å². The summed E-state index contributed by atoms with van der Waals surface area (Å²) in [5, 5.41) is 0.422. The van der Waals surface area contributed by atoms with E-state index in [0.717, 1.165) is 0 Å². The van der Waals surface area contributed by atoms with E-state index in [1.165, 1.54) is 25.8 Å². The molecular formula is C14H13ClO3S. The number of hydrogen-bond donors (Lipinski definition) is 0. The van der Waals surface area contributed by atoms with Crippen LogP contribution in [0.5, 0.6) is 0 Å². The second kappa shape index (κ2) is 7.88. The van der Waals surface area contributed by atoms with Gasteiger partial charge in [0.05, 0.1) is 17.7 Å². The van der Waals surface area contributed by atoms with E-state index in [4.69, 9.17) is 11.6 Å².